The lowest BCUT2D eigenvalue weighted by Gasteiger charge is -1.95. The second-order valence-corrected chi connectivity index (χ2v) is 4.59. The highest BCUT2D eigenvalue weighted by atomic mass is 35.5. The summed E-state index contributed by atoms with van der Waals surface area (Å²) in [5.74, 6) is 0.736. The Labute approximate surface area is 108 Å². The van der Waals surface area contributed by atoms with Crippen LogP contribution in [0.15, 0.2) is 47.0 Å². The maximum absolute atomic E-state index is 6.06. The summed E-state index contributed by atoms with van der Waals surface area (Å²) in [4.78, 5) is 3.10. The Morgan fingerprint density at radius 1 is 1.18 bits per heavy atom. The van der Waals surface area contributed by atoms with Gasteiger partial charge in [-0.1, -0.05) is 36.0 Å². The minimum atomic E-state index is 0.614. The van der Waals surface area contributed by atoms with Gasteiger partial charge in [-0.15, -0.1) is 0 Å². The van der Waals surface area contributed by atoms with E-state index >= 15 is 0 Å². The van der Waals surface area contributed by atoms with Crippen molar-refractivity contribution in [2.75, 3.05) is 0 Å². The number of pyridine rings is 1. The molecule has 0 amide bonds. The van der Waals surface area contributed by atoms with E-state index in [-0.39, 0.29) is 0 Å². The van der Waals surface area contributed by atoms with E-state index in [9.17, 15) is 0 Å². The van der Waals surface area contributed by atoms with Crippen LogP contribution in [0.25, 0.3) is 22.4 Å². The fourth-order valence-corrected chi connectivity index (χ4v) is 2.15. The third-order valence-electron chi connectivity index (χ3n) is 2.53. The zero-order valence-corrected chi connectivity index (χ0v) is 10.3. The van der Waals surface area contributed by atoms with E-state index in [1.54, 1.807) is 6.20 Å². The first kappa shape index (κ1) is 10.6. The summed E-state index contributed by atoms with van der Waals surface area (Å²) in [6, 6.07) is 11.3. The number of hydrogen-bond donors (Lipinski definition) is 1. The predicted molar refractivity (Wildman–Crippen MR) is 71.8 cm³/mol. The quantitative estimate of drug-likeness (QED) is 0.637. The zero-order chi connectivity index (χ0) is 11.8. The van der Waals surface area contributed by atoms with Crippen LogP contribution in [0.2, 0.25) is 5.02 Å². The highest BCUT2D eigenvalue weighted by Gasteiger charge is 2.08. The molecule has 0 saturated heterocycles. The third-order valence-corrected chi connectivity index (χ3v) is 3.09. The summed E-state index contributed by atoms with van der Waals surface area (Å²) in [5.41, 5.74) is 1.55. The Bertz CT molecular complexity index is 744. The fraction of sp³-hybridized carbons (Fsp3) is 0. The van der Waals surface area contributed by atoms with Gasteiger partial charge in [0.2, 0.25) is 0 Å². The molecule has 4 heteroatoms. The van der Waals surface area contributed by atoms with Gasteiger partial charge in [0.1, 0.15) is 0 Å². The van der Waals surface area contributed by atoms with Gasteiger partial charge in [0.05, 0.1) is 10.7 Å². The van der Waals surface area contributed by atoms with Crippen molar-refractivity contribution in [2.45, 2.75) is 0 Å². The highest BCUT2D eigenvalue weighted by molar-refractivity contribution is 7.71. The van der Waals surface area contributed by atoms with Crippen molar-refractivity contribution >= 4 is 34.8 Å². The van der Waals surface area contributed by atoms with Crippen molar-refractivity contribution in [1.29, 1.82) is 0 Å². The van der Waals surface area contributed by atoms with Crippen molar-refractivity contribution in [1.82, 2.24) is 4.98 Å². The maximum Gasteiger partial charge on any atom is 0.153 e. The topological polar surface area (TPSA) is 28.9 Å². The average molecular weight is 262 g/mol. The summed E-state index contributed by atoms with van der Waals surface area (Å²) in [6.07, 6.45) is 1.80. The van der Waals surface area contributed by atoms with Crippen LogP contribution in [-0.2, 0) is 0 Å². The smallest absolute Gasteiger partial charge is 0.153 e. The first-order chi connectivity index (χ1) is 8.24. The van der Waals surface area contributed by atoms with E-state index < -0.39 is 0 Å². The van der Waals surface area contributed by atoms with E-state index in [2.05, 4.69) is 4.98 Å². The molecule has 0 bridgehead atoms. The van der Waals surface area contributed by atoms with Crippen LogP contribution >= 0.6 is 23.8 Å². The number of nitrogens with one attached hydrogen (secondary N) is 1. The van der Waals surface area contributed by atoms with E-state index in [4.69, 9.17) is 28.2 Å². The fourth-order valence-electron chi connectivity index (χ4n) is 1.75. The molecule has 0 radical (unpaired) electrons. The number of H-pyrrole nitrogens is 1. The Morgan fingerprint density at radius 2 is 2.06 bits per heavy atom. The lowest BCUT2D eigenvalue weighted by Crippen LogP contribution is -1.78. The van der Waals surface area contributed by atoms with Gasteiger partial charge in [-0.3, -0.25) is 0 Å². The number of furan rings is 1. The molecular weight excluding hydrogens is 254 g/mol. The largest absolute Gasteiger partial charge is 0.453 e. The number of halogens is 1. The minimum absolute atomic E-state index is 0.614. The van der Waals surface area contributed by atoms with E-state index in [0.717, 1.165) is 21.4 Å². The number of rotatable bonds is 1. The van der Waals surface area contributed by atoms with Crippen molar-refractivity contribution < 1.29 is 4.42 Å². The van der Waals surface area contributed by atoms with E-state index in [1.807, 2.05) is 36.4 Å². The molecule has 84 valence electrons. The average Bonchev–Trinajstić information content (AvgIpc) is 2.74. The summed E-state index contributed by atoms with van der Waals surface area (Å²) >= 11 is 11.2. The SMILES string of the molecule is S=c1cc[nH]c(-c2cc3cccc(Cl)c3o2)c1. The molecule has 1 aromatic carbocycles. The number of aromatic nitrogens is 1. The number of para-hydroxylation sites is 1. The molecule has 3 rings (SSSR count). The number of fused-ring (bicyclic) bond motifs is 1. The monoisotopic (exact) mass is 261 g/mol. The molecule has 0 atom stereocenters. The van der Waals surface area contributed by atoms with Gasteiger partial charge in [-0.25, -0.2) is 0 Å². The first-order valence-corrected chi connectivity index (χ1v) is 5.90. The van der Waals surface area contributed by atoms with Crippen molar-refractivity contribution in [3.05, 3.63) is 52.1 Å². The van der Waals surface area contributed by atoms with Crippen molar-refractivity contribution in [2.24, 2.45) is 0 Å². The normalized spacial score (nSPS) is 10.9. The lowest BCUT2D eigenvalue weighted by atomic mass is 10.2. The molecule has 0 aliphatic carbocycles. The molecule has 3 aromatic rings. The molecule has 0 unspecified atom stereocenters. The van der Waals surface area contributed by atoms with Gasteiger partial charge in [0.25, 0.3) is 0 Å². The van der Waals surface area contributed by atoms with Crippen LogP contribution in [0.3, 0.4) is 0 Å². The van der Waals surface area contributed by atoms with Gasteiger partial charge in [-0.2, -0.15) is 0 Å². The Balaban J connectivity index is 2.25. The molecular formula is C13H8ClNOS. The maximum atomic E-state index is 6.06. The van der Waals surface area contributed by atoms with Crippen LogP contribution in [0.5, 0.6) is 0 Å². The highest BCUT2D eigenvalue weighted by Crippen LogP contribution is 2.30. The molecule has 1 N–H and O–H groups in total. The molecule has 0 spiro atoms. The molecule has 2 aromatic heterocycles. The predicted octanol–water partition coefficient (Wildman–Crippen LogP) is 4.81. The molecule has 0 saturated carbocycles. The number of benzene rings is 1. The second kappa shape index (κ2) is 4.02. The second-order valence-electron chi connectivity index (χ2n) is 3.71. The minimum Gasteiger partial charge on any atom is -0.453 e. The van der Waals surface area contributed by atoms with E-state index in [1.165, 1.54) is 0 Å². The van der Waals surface area contributed by atoms with Crippen LogP contribution in [0.4, 0.5) is 0 Å². The molecule has 17 heavy (non-hydrogen) atoms. The number of hydrogen-bond acceptors (Lipinski definition) is 2. The summed E-state index contributed by atoms with van der Waals surface area (Å²) in [5, 5.41) is 1.60. The zero-order valence-electron chi connectivity index (χ0n) is 8.74. The van der Waals surface area contributed by atoms with E-state index in [0.29, 0.717) is 10.6 Å². The van der Waals surface area contributed by atoms with Gasteiger partial charge in [-0.05, 0) is 24.3 Å². The molecule has 0 fully saturated rings. The molecule has 2 heterocycles. The van der Waals surface area contributed by atoms with Crippen molar-refractivity contribution in [3.63, 3.8) is 0 Å². The Kier molecular flexibility index (Phi) is 2.50. The van der Waals surface area contributed by atoms with Gasteiger partial charge in [0, 0.05) is 16.1 Å². The van der Waals surface area contributed by atoms with Gasteiger partial charge >= 0.3 is 0 Å². The summed E-state index contributed by atoms with van der Waals surface area (Å²) < 4.78 is 6.50. The summed E-state index contributed by atoms with van der Waals surface area (Å²) in [6.45, 7) is 0. The molecule has 0 aliphatic rings. The van der Waals surface area contributed by atoms with Crippen LogP contribution in [0.1, 0.15) is 0 Å². The number of aromatic amines is 1. The first-order valence-electron chi connectivity index (χ1n) is 5.11. The Hall–Kier alpha value is -1.58. The standard InChI is InChI=1S/C13H8ClNOS/c14-10-3-1-2-8-6-12(16-13(8)10)11-7-9(17)4-5-15-11/h1-7H,(H,15,17). The lowest BCUT2D eigenvalue weighted by molar-refractivity contribution is 0.629. The van der Waals surface area contributed by atoms with Crippen LogP contribution in [0, 0.1) is 4.51 Å². The van der Waals surface area contributed by atoms with Crippen molar-refractivity contribution in [3.8, 4) is 11.5 Å². The van der Waals surface area contributed by atoms with Crippen LogP contribution < -0.4 is 0 Å². The molecule has 0 aliphatic heterocycles. The summed E-state index contributed by atoms with van der Waals surface area (Å²) in [7, 11) is 0. The van der Waals surface area contributed by atoms with Gasteiger partial charge < -0.3 is 9.40 Å². The van der Waals surface area contributed by atoms with Crippen LogP contribution in [-0.4, -0.2) is 4.98 Å². The Morgan fingerprint density at radius 3 is 2.82 bits per heavy atom. The molecule has 2 nitrogen and oxygen atoms in total. The van der Waals surface area contributed by atoms with Gasteiger partial charge in [0.15, 0.2) is 11.3 Å². The third kappa shape index (κ3) is 1.88.